The second-order valence-corrected chi connectivity index (χ2v) is 3.50. The van der Waals surface area contributed by atoms with Crippen LogP contribution in [0.25, 0.3) is 0 Å². The SMILES string of the molecule is CCN(C)c1cc(N(C)CC(=O)O)ncn1. The average Bonchev–Trinajstić information content (AvgIpc) is 2.27. The lowest BCUT2D eigenvalue weighted by atomic mass is 10.4. The second-order valence-electron chi connectivity index (χ2n) is 3.50. The van der Waals surface area contributed by atoms with Gasteiger partial charge in [-0.3, -0.25) is 4.79 Å². The monoisotopic (exact) mass is 224 g/mol. The van der Waals surface area contributed by atoms with Crippen LogP contribution < -0.4 is 9.80 Å². The van der Waals surface area contributed by atoms with E-state index in [1.165, 1.54) is 6.33 Å². The molecule has 0 bridgehead atoms. The molecular formula is C10H16N4O2. The number of hydrogen-bond donors (Lipinski definition) is 1. The fourth-order valence-electron chi connectivity index (χ4n) is 1.20. The summed E-state index contributed by atoms with van der Waals surface area (Å²) in [6, 6.07) is 1.77. The third-order valence-electron chi connectivity index (χ3n) is 2.27. The largest absolute Gasteiger partial charge is 0.480 e. The molecule has 1 aromatic heterocycles. The van der Waals surface area contributed by atoms with Crippen LogP contribution in [0.15, 0.2) is 12.4 Å². The van der Waals surface area contributed by atoms with Gasteiger partial charge in [-0.1, -0.05) is 0 Å². The minimum atomic E-state index is -0.883. The van der Waals surface area contributed by atoms with Crippen LogP contribution in [0.1, 0.15) is 6.92 Å². The van der Waals surface area contributed by atoms with Crippen molar-refractivity contribution in [1.82, 2.24) is 9.97 Å². The van der Waals surface area contributed by atoms with E-state index in [0.717, 1.165) is 12.4 Å². The van der Waals surface area contributed by atoms with E-state index in [2.05, 4.69) is 9.97 Å². The maximum atomic E-state index is 10.6. The molecule has 88 valence electrons. The number of carbonyl (C=O) groups is 1. The van der Waals surface area contributed by atoms with Crippen molar-refractivity contribution in [2.24, 2.45) is 0 Å². The molecule has 1 rings (SSSR count). The molecule has 0 atom stereocenters. The Morgan fingerprint density at radius 2 is 1.88 bits per heavy atom. The topological polar surface area (TPSA) is 69.6 Å². The van der Waals surface area contributed by atoms with E-state index in [9.17, 15) is 4.79 Å². The van der Waals surface area contributed by atoms with Crippen molar-refractivity contribution >= 4 is 17.6 Å². The van der Waals surface area contributed by atoms with Crippen molar-refractivity contribution in [3.63, 3.8) is 0 Å². The quantitative estimate of drug-likeness (QED) is 0.783. The van der Waals surface area contributed by atoms with E-state index in [1.807, 2.05) is 18.9 Å². The van der Waals surface area contributed by atoms with Crippen LogP contribution in [0, 0.1) is 0 Å². The van der Waals surface area contributed by atoms with Gasteiger partial charge in [-0.2, -0.15) is 0 Å². The van der Waals surface area contributed by atoms with Crippen molar-refractivity contribution in [3.8, 4) is 0 Å². The molecule has 0 fully saturated rings. The van der Waals surface area contributed by atoms with E-state index in [4.69, 9.17) is 5.11 Å². The molecule has 0 aliphatic rings. The lowest BCUT2D eigenvalue weighted by Gasteiger charge is -2.19. The molecule has 6 nitrogen and oxygen atoms in total. The molecule has 0 aliphatic carbocycles. The molecule has 1 heterocycles. The zero-order valence-corrected chi connectivity index (χ0v) is 9.71. The highest BCUT2D eigenvalue weighted by atomic mass is 16.4. The van der Waals surface area contributed by atoms with Crippen LogP contribution in [0.2, 0.25) is 0 Å². The fraction of sp³-hybridized carbons (Fsp3) is 0.500. The first kappa shape index (κ1) is 12.2. The highest BCUT2D eigenvalue weighted by Gasteiger charge is 2.09. The van der Waals surface area contributed by atoms with Gasteiger partial charge in [-0.05, 0) is 6.92 Å². The summed E-state index contributed by atoms with van der Waals surface area (Å²) in [7, 11) is 3.61. The van der Waals surface area contributed by atoms with Crippen LogP contribution in [-0.4, -0.2) is 48.2 Å². The Morgan fingerprint density at radius 1 is 1.31 bits per heavy atom. The van der Waals surface area contributed by atoms with E-state index < -0.39 is 5.97 Å². The van der Waals surface area contributed by atoms with E-state index in [-0.39, 0.29) is 6.54 Å². The predicted octanol–water partition coefficient (Wildman–Crippen LogP) is 0.453. The first-order valence-electron chi connectivity index (χ1n) is 5.00. The number of anilines is 2. The number of carboxylic acids is 1. The maximum absolute atomic E-state index is 10.6. The predicted molar refractivity (Wildman–Crippen MR) is 61.9 cm³/mol. The molecule has 0 aliphatic heterocycles. The van der Waals surface area contributed by atoms with E-state index >= 15 is 0 Å². The smallest absolute Gasteiger partial charge is 0.323 e. The molecule has 0 saturated carbocycles. The van der Waals surface area contributed by atoms with Crippen molar-refractivity contribution in [1.29, 1.82) is 0 Å². The Hall–Kier alpha value is -1.85. The number of aromatic nitrogens is 2. The fourth-order valence-corrected chi connectivity index (χ4v) is 1.20. The van der Waals surface area contributed by atoms with Crippen LogP contribution >= 0.6 is 0 Å². The first-order chi connectivity index (χ1) is 7.54. The lowest BCUT2D eigenvalue weighted by molar-refractivity contribution is -0.135. The third-order valence-corrected chi connectivity index (χ3v) is 2.27. The molecule has 0 radical (unpaired) electrons. The standard InChI is InChI=1S/C10H16N4O2/c1-4-13(2)8-5-9(12-7-11-8)14(3)6-10(15)16/h5,7H,4,6H2,1-3H3,(H,15,16). The van der Waals surface area contributed by atoms with Gasteiger partial charge in [0.15, 0.2) is 0 Å². The summed E-state index contributed by atoms with van der Waals surface area (Å²) in [6.45, 7) is 2.77. The summed E-state index contributed by atoms with van der Waals surface area (Å²) in [5.41, 5.74) is 0. The zero-order valence-electron chi connectivity index (χ0n) is 9.71. The van der Waals surface area contributed by atoms with Crippen molar-refractivity contribution in [3.05, 3.63) is 12.4 Å². The second kappa shape index (κ2) is 5.29. The lowest BCUT2D eigenvalue weighted by Crippen LogP contribution is -2.26. The molecule has 1 aromatic rings. The number of rotatable bonds is 5. The molecular weight excluding hydrogens is 208 g/mol. The number of nitrogens with zero attached hydrogens (tertiary/aromatic N) is 4. The van der Waals surface area contributed by atoms with Gasteiger partial charge in [0.2, 0.25) is 0 Å². The van der Waals surface area contributed by atoms with Crippen LogP contribution in [0.4, 0.5) is 11.6 Å². The highest BCUT2D eigenvalue weighted by molar-refractivity contribution is 5.73. The highest BCUT2D eigenvalue weighted by Crippen LogP contribution is 2.14. The summed E-state index contributed by atoms with van der Waals surface area (Å²) in [5, 5.41) is 8.67. The van der Waals surface area contributed by atoms with E-state index in [0.29, 0.717) is 5.82 Å². The number of aliphatic carboxylic acids is 1. The molecule has 6 heteroatoms. The summed E-state index contributed by atoms with van der Waals surface area (Å²) < 4.78 is 0. The first-order valence-corrected chi connectivity index (χ1v) is 5.00. The van der Waals surface area contributed by atoms with Gasteiger partial charge in [0.1, 0.15) is 24.5 Å². The Kier molecular flexibility index (Phi) is 4.04. The summed E-state index contributed by atoms with van der Waals surface area (Å²) in [5.74, 6) is 0.504. The molecule has 0 spiro atoms. The van der Waals surface area contributed by atoms with Gasteiger partial charge >= 0.3 is 5.97 Å². The zero-order chi connectivity index (χ0) is 12.1. The van der Waals surface area contributed by atoms with Crippen molar-refractivity contribution in [2.75, 3.05) is 37.0 Å². The van der Waals surface area contributed by atoms with Crippen LogP contribution in [0.3, 0.4) is 0 Å². The Morgan fingerprint density at radius 3 is 2.38 bits per heavy atom. The summed E-state index contributed by atoms with van der Waals surface area (Å²) in [6.07, 6.45) is 1.44. The molecule has 0 saturated heterocycles. The number of hydrogen-bond acceptors (Lipinski definition) is 5. The molecule has 0 unspecified atom stereocenters. The normalized spacial score (nSPS) is 9.94. The van der Waals surface area contributed by atoms with E-state index in [1.54, 1.807) is 18.0 Å². The summed E-state index contributed by atoms with van der Waals surface area (Å²) in [4.78, 5) is 22.2. The van der Waals surface area contributed by atoms with Crippen molar-refractivity contribution in [2.45, 2.75) is 6.92 Å². The van der Waals surface area contributed by atoms with Gasteiger partial charge in [0.25, 0.3) is 0 Å². The molecule has 1 N–H and O–H groups in total. The number of carboxylic acid groups (broad SMARTS) is 1. The summed E-state index contributed by atoms with van der Waals surface area (Å²) >= 11 is 0. The Bertz CT molecular complexity index is 370. The van der Waals surface area contributed by atoms with Gasteiger partial charge in [0.05, 0.1) is 0 Å². The van der Waals surface area contributed by atoms with Crippen LogP contribution in [-0.2, 0) is 4.79 Å². The Labute approximate surface area is 94.5 Å². The van der Waals surface area contributed by atoms with Gasteiger partial charge in [-0.15, -0.1) is 0 Å². The number of likely N-dealkylation sites (N-methyl/N-ethyl adjacent to an activating group) is 1. The van der Waals surface area contributed by atoms with Crippen LogP contribution in [0.5, 0.6) is 0 Å². The van der Waals surface area contributed by atoms with Gasteiger partial charge in [0, 0.05) is 26.7 Å². The van der Waals surface area contributed by atoms with Gasteiger partial charge < -0.3 is 14.9 Å². The average molecular weight is 224 g/mol. The van der Waals surface area contributed by atoms with Crippen molar-refractivity contribution < 1.29 is 9.90 Å². The minimum Gasteiger partial charge on any atom is -0.480 e. The van der Waals surface area contributed by atoms with Gasteiger partial charge in [-0.25, -0.2) is 9.97 Å². The minimum absolute atomic E-state index is 0.0771. The molecule has 0 amide bonds. The molecule has 0 aromatic carbocycles. The Balaban J connectivity index is 2.85. The molecule has 16 heavy (non-hydrogen) atoms. The maximum Gasteiger partial charge on any atom is 0.323 e. The third kappa shape index (κ3) is 3.08.